The van der Waals surface area contributed by atoms with Gasteiger partial charge in [0, 0.05) is 17.4 Å². The third-order valence-electron chi connectivity index (χ3n) is 3.49. The maximum Gasteiger partial charge on any atom is 0.340 e. The zero-order valence-electron chi connectivity index (χ0n) is 12.5. The fourth-order valence-electron chi connectivity index (χ4n) is 2.03. The number of rotatable bonds is 5. The second kappa shape index (κ2) is 6.03. The van der Waals surface area contributed by atoms with E-state index in [0.29, 0.717) is 23.0 Å². The average Bonchev–Trinajstić information content (AvgIpc) is 3.25. The summed E-state index contributed by atoms with van der Waals surface area (Å²) in [4.78, 5) is 23.6. The Balaban J connectivity index is 2.13. The van der Waals surface area contributed by atoms with Crippen LogP contribution in [0, 0.1) is 6.92 Å². The predicted molar refractivity (Wildman–Crippen MR) is 81.2 cm³/mol. The zero-order chi connectivity index (χ0) is 15.6. The third-order valence-corrected chi connectivity index (χ3v) is 3.49. The van der Waals surface area contributed by atoms with E-state index in [1.165, 1.54) is 7.11 Å². The van der Waals surface area contributed by atoms with Gasteiger partial charge in [0.15, 0.2) is 0 Å². The van der Waals surface area contributed by atoms with Crippen LogP contribution in [0.15, 0.2) is 12.1 Å². The van der Waals surface area contributed by atoms with Gasteiger partial charge in [-0.1, -0.05) is 0 Å². The molecule has 6 heteroatoms. The number of esters is 1. The van der Waals surface area contributed by atoms with Gasteiger partial charge in [0.25, 0.3) is 0 Å². The Morgan fingerprint density at radius 1 is 1.38 bits per heavy atom. The van der Waals surface area contributed by atoms with E-state index in [-0.39, 0.29) is 11.9 Å². The molecule has 1 amide bonds. The molecule has 2 rings (SSSR count). The van der Waals surface area contributed by atoms with Gasteiger partial charge in [-0.3, -0.25) is 4.79 Å². The van der Waals surface area contributed by atoms with Crippen LogP contribution in [0.1, 0.15) is 35.7 Å². The number of nitrogens with two attached hydrogens (primary N) is 1. The van der Waals surface area contributed by atoms with Gasteiger partial charge in [0.2, 0.25) is 5.91 Å². The molecule has 1 aliphatic rings. The van der Waals surface area contributed by atoms with Gasteiger partial charge in [0.1, 0.15) is 6.04 Å². The molecule has 0 saturated heterocycles. The Kier molecular flexibility index (Phi) is 4.35. The van der Waals surface area contributed by atoms with Crippen molar-refractivity contribution in [1.82, 2.24) is 5.32 Å². The second-order valence-corrected chi connectivity index (χ2v) is 5.39. The summed E-state index contributed by atoms with van der Waals surface area (Å²) in [6.45, 7) is 3.59. The number of hydrogen-bond acceptors (Lipinski definition) is 5. The fourth-order valence-corrected chi connectivity index (χ4v) is 2.03. The third kappa shape index (κ3) is 3.65. The van der Waals surface area contributed by atoms with Gasteiger partial charge in [-0.2, -0.15) is 0 Å². The molecule has 1 aliphatic carbocycles. The minimum atomic E-state index is -0.491. The van der Waals surface area contributed by atoms with Crippen molar-refractivity contribution < 1.29 is 14.3 Å². The summed E-state index contributed by atoms with van der Waals surface area (Å²) in [6.07, 6.45) is 2.10. The number of nitrogen functional groups attached to an aromatic ring is 1. The van der Waals surface area contributed by atoms with Gasteiger partial charge in [0.05, 0.1) is 12.7 Å². The lowest BCUT2D eigenvalue weighted by atomic mass is 10.1. The fraction of sp³-hybridized carbons (Fsp3) is 0.467. The van der Waals surface area contributed by atoms with Gasteiger partial charge < -0.3 is 21.1 Å². The summed E-state index contributed by atoms with van der Waals surface area (Å²) in [7, 11) is 1.31. The Bertz CT molecular complexity index is 568. The molecule has 0 heterocycles. The van der Waals surface area contributed by atoms with Gasteiger partial charge in [-0.05, 0) is 44.4 Å². The van der Waals surface area contributed by atoms with E-state index in [1.807, 2.05) is 13.0 Å². The molecule has 1 aromatic rings. The van der Waals surface area contributed by atoms with Gasteiger partial charge in [-0.25, -0.2) is 4.79 Å². The van der Waals surface area contributed by atoms with Crippen LogP contribution in [-0.4, -0.2) is 31.1 Å². The van der Waals surface area contributed by atoms with E-state index >= 15 is 0 Å². The van der Waals surface area contributed by atoms with Crippen molar-refractivity contribution in [3.63, 3.8) is 0 Å². The summed E-state index contributed by atoms with van der Waals surface area (Å²) >= 11 is 0. The van der Waals surface area contributed by atoms with E-state index in [9.17, 15) is 9.59 Å². The Hall–Kier alpha value is -2.24. The molecule has 1 aromatic carbocycles. The molecule has 0 aromatic heterocycles. The molecule has 4 N–H and O–H groups in total. The molecule has 1 unspecified atom stereocenters. The number of nitrogens with one attached hydrogen (secondary N) is 2. The molecule has 1 atom stereocenters. The molecule has 114 valence electrons. The number of benzene rings is 1. The van der Waals surface area contributed by atoms with E-state index in [2.05, 4.69) is 10.6 Å². The van der Waals surface area contributed by atoms with Crippen molar-refractivity contribution in [2.75, 3.05) is 18.2 Å². The normalized spacial score (nSPS) is 15.2. The number of amides is 1. The van der Waals surface area contributed by atoms with Crippen LogP contribution in [0.2, 0.25) is 0 Å². The van der Waals surface area contributed by atoms with Crippen LogP contribution in [0.3, 0.4) is 0 Å². The first-order valence-corrected chi connectivity index (χ1v) is 6.97. The molecule has 0 bridgehead atoms. The molecule has 1 saturated carbocycles. The minimum absolute atomic E-state index is 0.0494. The number of hydrogen-bond donors (Lipinski definition) is 3. The first-order valence-electron chi connectivity index (χ1n) is 6.97. The Labute approximate surface area is 124 Å². The highest BCUT2D eigenvalue weighted by Gasteiger charge is 2.25. The van der Waals surface area contributed by atoms with Crippen LogP contribution >= 0.6 is 0 Å². The van der Waals surface area contributed by atoms with Crippen LogP contribution in [-0.2, 0) is 9.53 Å². The number of ether oxygens (including phenoxy) is 1. The van der Waals surface area contributed by atoms with Crippen molar-refractivity contribution in [2.24, 2.45) is 0 Å². The summed E-state index contributed by atoms with van der Waals surface area (Å²) in [5, 5.41) is 6.02. The van der Waals surface area contributed by atoms with Crippen LogP contribution in [0.4, 0.5) is 11.4 Å². The first kappa shape index (κ1) is 15.2. The highest BCUT2D eigenvalue weighted by atomic mass is 16.5. The molecular weight excluding hydrogens is 270 g/mol. The highest BCUT2D eigenvalue weighted by Crippen LogP contribution is 2.24. The lowest BCUT2D eigenvalue weighted by molar-refractivity contribution is -0.121. The van der Waals surface area contributed by atoms with E-state index in [4.69, 9.17) is 10.5 Å². The van der Waals surface area contributed by atoms with Crippen LogP contribution in [0.25, 0.3) is 0 Å². The lowest BCUT2D eigenvalue weighted by Gasteiger charge is -2.17. The van der Waals surface area contributed by atoms with E-state index in [1.54, 1.807) is 13.0 Å². The number of methoxy groups -OCH3 is 1. The van der Waals surface area contributed by atoms with Crippen molar-refractivity contribution in [3.05, 3.63) is 23.3 Å². The molecule has 1 fully saturated rings. The van der Waals surface area contributed by atoms with Crippen LogP contribution in [0.5, 0.6) is 0 Å². The topological polar surface area (TPSA) is 93.4 Å². The van der Waals surface area contributed by atoms with E-state index < -0.39 is 5.97 Å². The van der Waals surface area contributed by atoms with Crippen molar-refractivity contribution in [2.45, 2.75) is 38.8 Å². The maximum absolute atomic E-state index is 11.9. The molecule has 0 aliphatic heterocycles. The quantitative estimate of drug-likeness (QED) is 0.564. The molecular formula is C15H21N3O3. The number of anilines is 2. The maximum atomic E-state index is 11.9. The van der Waals surface area contributed by atoms with Gasteiger partial charge >= 0.3 is 5.97 Å². The summed E-state index contributed by atoms with van der Waals surface area (Å²) < 4.78 is 4.71. The smallest absolute Gasteiger partial charge is 0.340 e. The van der Waals surface area contributed by atoms with Gasteiger partial charge in [-0.15, -0.1) is 0 Å². The highest BCUT2D eigenvalue weighted by molar-refractivity contribution is 5.97. The Morgan fingerprint density at radius 2 is 2.05 bits per heavy atom. The summed E-state index contributed by atoms with van der Waals surface area (Å²) in [5.41, 5.74) is 8.00. The SMILES string of the molecule is COC(=O)c1cc(NC(C)C(=O)NC2CC2)cc(C)c1N. The zero-order valence-corrected chi connectivity index (χ0v) is 12.5. The summed E-state index contributed by atoms with van der Waals surface area (Å²) in [6, 6.07) is 3.34. The number of carbonyl (C=O) groups excluding carboxylic acids is 2. The Morgan fingerprint density at radius 3 is 2.62 bits per heavy atom. The number of carbonyl (C=O) groups is 2. The molecule has 0 radical (unpaired) electrons. The average molecular weight is 291 g/mol. The minimum Gasteiger partial charge on any atom is -0.465 e. The lowest BCUT2D eigenvalue weighted by Crippen LogP contribution is -2.38. The second-order valence-electron chi connectivity index (χ2n) is 5.39. The largest absolute Gasteiger partial charge is 0.465 e. The standard InChI is InChI=1S/C15H21N3O3/c1-8-6-11(7-12(13(8)16)15(20)21-3)17-9(2)14(19)18-10-4-5-10/h6-7,9-10,17H,4-5,16H2,1-3H3,(H,18,19). The monoisotopic (exact) mass is 291 g/mol. The number of aryl methyl sites for hydroxylation is 1. The molecule has 0 spiro atoms. The predicted octanol–water partition coefficient (Wildman–Crippen LogP) is 1.44. The first-order chi connectivity index (χ1) is 9.92. The molecule has 21 heavy (non-hydrogen) atoms. The van der Waals surface area contributed by atoms with Crippen molar-refractivity contribution >= 4 is 23.3 Å². The van der Waals surface area contributed by atoms with Crippen molar-refractivity contribution in [3.8, 4) is 0 Å². The summed E-state index contributed by atoms with van der Waals surface area (Å²) in [5.74, 6) is -0.541. The van der Waals surface area contributed by atoms with Crippen LogP contribution < -0.4 is 16.4 Å². The van der Waals surface area contributed by atoms with E-state index in [0.717, 1.165) is 18.4 Å². The molecule has 6 nitrogen and oxygen atoms in total. The van der Waals surface area contributed by atoms with Crippen molar-refractivity contribution in [1.29, 1.82) is 0 Å².